The average Bonchev–Trinajstić information content (AvgIpc) is 3.02. The molecule has 4 aromatic rings. The molecule has 0 fully saturated rings. The molecule has 0 aliphatic carbocycles. The fraction of sp³-hybridized carbons (Fsp3) is 0.200. The molecule has 0 unspecified atom stereocenters. The van der Waals surface area contributed by atoms with Gasteiger partial charge < -0.3 is 0 Å². The minimum absolute atomic E-state index is 0.493. The Morgan fingerprint density at radius 3 is 0.864 bits per heavy atom. The molecule has 44 heavy (non-hydrogen) atoms. The molecule has 0 saturated heterocycles. The maximum Gasteiger partial charge on any atom is 0.123 e. The van der Waals surface area contributed by atoms with E-state index >= 15 is 0 Å². The van der Waals surface area contributed by atoms with E-state index in [9.17, 15) is 0 Å². The predicted molar refractivity (Wildman–Crippen MR) is 223 cm³/mol. The lowest BCUT2D eigenvalue weighted by Gasteiger charge is -2.31. The third-order valence-corrected chi connectivity index (χ3v) is 21.7. The Bertz CT molecular complexity index is 1440. The maximum absolute atomic E-state index is 5.73. The van der Waals surface area contributed by atoms with Gasteiger partial charge in [0.1, 0.15) is 11.2 Å². The highest BCUT2D eigenvalue weighted by molar-refractivity contribution is 9.16. The summed E-state index contributed by atoms with van der Waals surface area (Å²) in [5, 5.41) is 0. The van der Waals surface area contributed by atoms with Crippen LogP contribution in [0, 0.1) is 0 Å². The van der Waals surface area contributed by atoms with Gasteiger partial charge in [0.15, 0.2) is 0 Å². The van der Waals surface area contributed by atoms with Crippen molar-refractivity contribution in [2.24, 2.45) is 0 Å². The van der Waals surface area contributed by atoms with Crippen molar-refractivity contribution < 1.29 is 9.78 Å². The van der Waals surface area contributed by atoms with Crippen LogP contribution in [0.2, 0.25) is 0 Å². The molecule has 0 bridgehead atoms. The SMILES string of the molecule is Brc1c(Br)c(Br)c(SSc2c(Br)c(Br)c(Br)c(Br)c2Br)c(Br)c1Br.CC(C)(OOC(C)(C)c1ccccc1)c1ccccc1. The number of rotatable bonds is 8. The molecule has 0 spiro atoms. The van der Waals surface area contributed by atoms with Gasteiger partial charge in [-0.15, -0.1) is 0 Å². The second-order valence-corrected chi connectivity index (χ2v) is 20.0. The number of halogens is 10. The zero-order valence-corrected chi connectivity index (χ0v) is 40.7. The van der Waals surface area contributed by atoms with Crippen LogP contribution in [0.25, 0.3) is 0 Å². The summed E-state index contributed by atoms with van der Waals surface area (Å²) < 4.78 is 9.63. The lowest BCUT2D eigenvalue weighted by molar-refractivity contribution is -0.410. The van der Waals surface area contributed by atoms with Gasteiger partial charge in [0, 0.05) is 54.5 Å². The van der Waals surface area contributed by atoms with Crippen LogP contribution in [-0.4, -0.2) is 0 Å². The quantitative estimate of drug-likeness (QED) is 0.0575. The van der Waals surface area contributed by atoms with Crippen LogP contribution < -0.4 is 0 Å². The molecule has 0 atom stereocenters. The molecular formula is C30H22Br10O2S2. The second kappa shape index (κ2) is 18.0. The first kappa shape index (κ1) is 40.7. The molecule has 4 aromatic carbocycles. The van der Waals surface area contributed by atoms with Gasteiger partial charge in [0.2, 0.25) is 0 Å². The first-order chi connectivity index (χ1) is 20.5. The van der Waals surface area contributed by atoms with Crippen LogP contribution >= 0.6 is 181 Å². The normalized spacial score (nSPS) is 11.8. The van der Waals surface area contributed by atoms with Crippen molar-refractivity contribution in [1.82, 2.24) is 0 Å². The first-order valence-corrected chi connectivity index (χ1v) is 22.4. The van der Waals surface area contributed by atoms with Gasteiger partial charge in [-0.25, -0.2) is 9.78 Å². The van der Waals surface area contributed by atoms with Gasteiger partial charge in [-0.05, 0) is 198 Å². The fourth-order valence-corrected chi connectivity index (χ4v) is 14.6. The van der Waals surface area contributed by atoms with Crippen LogP contribution in [0.15, 0.2) is 115 Å². The summed E-state index contributed by atoms with van der Waals surface area (Å²) in [6, 6.07) is 20.2. The smallest absolute Gasteiger partial charge is 0.123 e. The molecule has 4 rings (SSSR count). The van der Waals surface area contributed by atoms with Crippen molar-refractivity contribution in [2.75, 3.05) is 0 Å². The standard InChI is InChI=1S/C18H22O2.C12Br10S2/c1-17(2,15-11-7-5-8-12-15)19-20-18(3,4)16-13-9-6-10-14-16;13-1-3(15)7(19)11(8(20)4(1)16)23-24-12-9(21)5(17)2(14)6(18)10(12)22/h5-14H,1-4H3;. The van der Waals surface area contributed by atoms with Gasteiger partial charge in [-0.1, -0.05) is 82.3 Å². The minimum atomic E-state index is -0.493. The zero-order valence-electron chi connectivity index (χ0n) is 23.2. The van der Waals surface area contributed by atoms with Crippen molar-refractivity contribution in [2.45, 2.75) is 48.7 Å². The molecule has 0 saturated carbocycles. The summed E-state index contributed by atoms with van der Waals surface area (Å²) in [5.74, 6) is 0. The van der Waals surface area contributed by atoms with E-state index in [-0.39, 0.29) is 0 Å². The number of benzene rings is 4. The first-order valence-electron chi connectivity index (χ1n) is 12.4. The summed E-state index contributed by atoms with van der Waals surface area (Å²) in [4.78, 5) is 13.6. The third kappa shape index (κ3) is 10.2. The van der Waals surface area contributed by atoms with Crippen LogP contribution in [0.5, 0.6) is 0 Å². The summed E-state index contributed by atoms with van der Waals surface area (Å²) in [6.45, 7) is 8.01. The van der Waals surface area contributed by atoms with Crippen LogP contribution in [0.1, 0.15) is 38.8 Å². The van der Waals surface area contributed by atoms with E-state index in [1.807, 2.05) is 88.4 Å². The Hall–Kier alpha value is 2.30. The minimum Gasteiger partial charge on any atom is -0.225 e. The molecule has 2 nitrogen and oxygen atoms in total. The maximum atomic E-state index is 5.73. The van der Waals surface area contributed by atoms with E-state index in [4.69, 9.17) is 9.78 Å². The van der Waals surface area contributed by atoms with Gasteiger partial charge in [0.25, 0.3) is 0 Å². The number of hydrogen-bond donors (Lipinski definition) is 0. The van der Waals surface area contributed by atoms with Crippen LogP contribution in [-0.2, 0) is 21.0 Å². The lowest BCUT2D eigenvalue weighted by atomic mass is 9.98. The van der Waals surface area contributed by atoms with E-state index in [0.717, 1.165) is 65.6 Å². The van der Waals surface area contributed by atoms with Gasteiger partial charge in [0.05, 0.1) is 0 Å². The number of hydrogen-bond acceptors (Lipinski definition) is 4. The highest BCUT2D eigenvalue weighted by Gasteiger charge is 2.29. The van der Waals surface area contributed by atoms with Crippen molar-refractivity contribution in [1.29, 1.82) is 0 Å². The van der Waals surface area contributed by atoms with Crippen molar-refractivity contribution in [3.63, 3.8) is 0 Å². The van der Waals surface area contributed by atoms with E-state index in [2.05, 4.69) is 159 Å². The Labute approximate surface area is 350 Å². The highest BCUT2D eigenvalue weighted by Crippen LogP contribution is 2.56. The molecular weight excluding hydrogens is 1260 g/mol. The van der Waals surface area contributed by atoms with Gasteiger partial charge in [-0.2, -0.15) is 0 Å². The van der Waals surface area contributed by atoms with E-state index < -0.39 is 11.2 Å². The highest BCUT2D eigenvalue weighted by atomic mass is 79.9. The largest absolute Gasteiger partial charge is 0.225 e. The van der Waals surface area contributed by atoms with Crippen LogP contribution in [0.3, 0.4) is 0 Å². The van der Waals surface area contributed by atoms with Crippen molar-refractivity contribution in [3.05, 3.63) is 117 Å². The van der Waals surface area contributed by atoms with Crippen molar-refractivity contribution >= 4 is 181 Å². The average molecular weight is 1280 g/mol. The van der Waals surface area contributed by atoms with E-state index in [1.165, 1.54) is 0 Å². The molecule has 0 radical (unpaired) electrons. The second-order valence-electron chi connectivity index (χ2n) is 9.88. The molecule has 0 aromatic heterocycles. The Morgan fingerprint density at radius 2 is 0.614 bits per heavy atom. The molecule has 0 N–H and O–H groups in total. The van der Waals surface area contributed by atoms with Crippen LogP contribution in [0.4, 0.5) is 0 Å². The summed E-state index contributed by atoms with van der Waals surface area (Å²) in [5.41, 5.74) is 1.19. The summed E-state index contributed by atoms with van der Waals surface area (Å²) >= 11 is 36.1. The lowest BCUT2D eigenvalue weighted by Crippen LogP contribution is -2.29. The van der Waals surface area contributed by atoms with Gasteiger partial charge in [-0.3, -0.25) is 0 Å². The Morgan fingerprint density at radius 1 is 0.386 bits per heavy atom. The third-order valence-electron chi connectivity index (χ3n) is 5.94. The fourth-order valence-electron chi connectivity index (χ4n) is 3.38. The Balaban J connectivity index is 0.000000244. The summed E-state index contributed by atoms with van der Waals surface area (Å²) in [7, 11) is 3.28. The molecule has 0 aliphatic rings. The molecule has 0 aliphatic heterocycles. The van der Waals surface area contributed by atoms with E-state index in [0.29, 0.717) is 0 Å². The monoisotopic (exact) mass is 1270 g/mol. The predicted octanol–water partition coefficient (Wildman–Crippen LogP) is 16.9. The molecule has 236 valence electrons. The van der Waals surface area contributed by atoms with E-state index in [1.54, 1.807) is 21.6 Å². The van der Waals surface area contributed by atoms with Crippen molar-refractivity contribution in [3.8, 4) is 0 Å². The zero-order chi connectivity index (χ0) is 33.0. The molecule has 14 heteroatoms. The molecule has 0 amide bonds. The topological polar surface area (TPSA) is 18.5 Å². The molecule has 0 heterocycles. The van der Waals surface area contributed by atoms with Gasteiger partial charge >= 0.3 is 0 Å². The summed E-state index contributed by atoms with van der Waals surface area (Å²) in [6.07, 6.45) is 0. The Kier molecular flexibility index (Phi) is 16.7.